The highest BCUT2D eigenvalue weighted by molar-refractivity contribution is 5.80. The number of hydrogen-bond donors (Lipinski definition) is 2. The Bertz CT molecular complexity index is 979. The van der Waals surface area contributed by atoms with Crippen molar-refractivity contribution in [2.24, 2.45) is 10.9 Å². The molecule has 1 saturated heterocycles. The first kappa shape index (κ1) is 20.9. The van der Waals surface area contributed by atoms with Crippen molar-refractivity contribution in [2.45, 2.75) is 32.9 Å². The number of nitrogens with one attached hydrogen (secondary N) is 2. The number of nitrogens with zero attached hydrogens (tertiary/aromatic N) is 6. The van der Waals surface area contributed by atoms with Crippen molar-refractivity contribution in [3.63, 3.8) is 0 Å². The lowest BCUT2D eigenvalue weighted by Crippen LogP contribution is -2.49. The third-order valence-corrected chi connectivity index (χ3v) is 5.72. The summed E-state index contributed by atoms with van der Waals surface area (Å²) < 4.78 is 7.42. The zero-order valence-electron chi connectivity index (χ0n) is 18.3. The molecule has 31 heavy (non-hydrogen) atoms. The fourth-order valence-electron chi connectivity index (χ4n) is 3.91. The van der Waals surface area contributed by atoms with Crippen molar-refractivity contribution in [3.05, 3.63) is 48.8 Å². The molecule has 4 rings (SSSR count). The van der Waals surface area contributed by atoms with E-state index >= 15 is 0 Å². The molecule has 3 aromatic rings. The summed E-state index contributed by atoms with van der Waals surface area (Å²) in [5, 5.41) is 10.8. The number of likely N-dealkylation sites (tertiary alicyclic amines) is 1. The number of methoxy groups -OCH3 is 1. The van der Waals surface area contributed by atoms with Gasteiger partial charge in [-0.3, -0.25) is 5.10 Å². The molecule has 1 aliphatic rings. The molecule has 0 amide bonds. The zero-order chi connectivity index (χ0) is 21.6. The summed E-state index contributed by atoms with van der Waals surface area (Å²) >= 11 is 0. The van der Waals surface area contributed by atoms with Crippen LogP contribution in [0.5, 0.6) is 5.75 Å². The number of ether oxygens (including phenoxy) is 1. The molecule has 9 nitrogen and oxygen atoms in total. The number of aromatic amines is 1. The maximum atomic E-state index is 5.21. The van der Waals surface area contributed by atoms with Gasteiger partial charge < -0.3 is 19.5 Å². The number of piperidine rings is 1. The molecule has 0 spiro atoms. The Kier molecular flexibility index (Phi) is 6.49. The average Bonchev–Trinajstić information content (AvgIpc) is 3.50. The van der Waals surface area contributed by atoms with Gasteiger partial charge in [-0.1, -0.05) is 6.92 Å². The monoisotopic (exact) mass is 422 g/mol. The molecule has 9 heteroatoms. The summed E-state index contributed by atoms with van der Waals surface area (Å²) in [5.41, 5.74) is 0.937. The van der Waals surface area contributed by atoms with E-state index in [0.29, 0.717) is 24.3 Å². The first-order valence-corrected chi connectivity index (χ1v) is 10.7. The summed E-state index contributed by atoms with van der Waals surface area (Å²) in [4.78, 5) is 16.0. The van der Waals surface area contributed by atoms with Crippen LogP contribution in [0.25, 0.3) is 11.4 Å². The van der Waals surface area contributed by atoms with Crippen LogP contribution in [0.1, 0.15) is 32.1 Å². The molecule has 2 unspecified atom stereocenters. The average molecular weight is 423 g/mol. The van der Waals surface area contributed by atoms with Gasteiger partial charge in [-0.25, -0.2) is 15.0 Å². The Morgan fingerprint density at radius 1 is 1.32 bits per heavy atom. The molecular formula is C22H30N8O. The molecule has 3 heterocycles. The van der Waals surface area contributed by atoms with Crippen LogP contribution in [0.2, 0.25) is 0 Å². The maximum Gasteiger partial charge on any atom is 0.194 e. The number of guanidine groups is 1. The topological polar surface area (TPSA) is 96.2 Å². The molecule has 2 N–H and O–H groups in total. The maximum absolute atomic E-state index is 5.21. The quantitative estimate of drug-likeness (QED) is 0.468. The van der Waals surface area contributed by atoms with Gasteiger partial charge in [0.05, 0.1) is 19.5 Å². The SMILES string of the molecule is CCNC(=NCc1nc(-c2ccc(OC)cc2)n[nH]1)N1CCC(C)C(n2ccnc2)C1. The lowest BCUT2D eigenvalue weighted by Gasteiger charge is -2.39. The molecule has 164 valence electrons. The molecule has 1 fully saturated rings. The van der Waals surface area contributed by atoms with E-state index in [9.17, 15) is 0 Å². The highest BCUT2D eigenvalue weighted by Crippen LogP contribution is 2.27. The number of aromatic nitrogens is 5. The summed E-state index contributed by atoms with van der Waals surface area (Å²) in [6.45, 7) is 7.52. The normalized spacial score (nSPS) is 19.5. The highest BCUT2D eigenvalue weighted by atomic mass is 16.5. The minimum absolute atomic E-state index is 0.382. The van der Waals surface area contributed by atoms with Gasteiger partial charge in [0.25, 0.3) is 0 Å². The van der Waals surface area contributed by atoms with Gasteiger partial charge in [0.2, 0.25) is 0 Å². The van der Waals surface area contributed by atoms with Crippen LogP contribution in [0.15, 0.2) is 48.0 Å². The molecule has 1 aromatic carbocycles. The number of hydrogen-bond acceptors (Lipinski definition) is 5. The third-order valence-electron chi connectivity index (χ3n) is 5.72. The van der Waals surface area contributed by atoms with Crippen LogP contribution in [0.4, 0.5) is 0 Å². The summed E-state index contributed by atoms with van der Waals surface area (Å²) in [6, 6.07) is 8.09. The van der Waals surface area contributed by atoms with Crippen LogP contribution in [-0.2, 0) is 6.54 Å². The second kappa shape index (κ2) is 9.63. The van der Waals surface area contributed by atoms with E-state index in [1.165, 1.54) is 0 Å². The van der Waals surface area contributed by atoms with Gasteiger partial charge in [-0.05, 0) is 43.5 Å². The number of aliphatic imine (C=N–C) groups is 1. The van der Waals surface area contributed by atoms with Crippen LogP contribution >= 0.6 is 0 Å². The predicted octanol–water partition coefficient (Wildman–Crippen LogP) is 2.73. The van der Waals surface area contributed by atoms with E-state index < -0.39 is 0 Å². The van der Waals surface area contributed by atoms with E-state index in [1.54, 1.807) is 7.11 Å². The Morgan fingerprint density at radius 2 is 2.16 bits per heavy atom. The first-order valence-electron chi connectivity index (χ1n) is 10.7. The van der Waals surface area contributed by atoms with Crippen LogP contribution in [-0.4, -0.2) is 62.3 Å². The minimum atomic E-state index is 0.382. The van der Waals surface area contributed by atoms with E-state index in [2.05, 4.69) is 48.8 Å². The van der Waals surface area contributed by atoms with Crippen molar-refractivity contribution in [3.8, 4) is 17.1 Å². The zero-order valence-corrected chi connectivity index (χ0v) is 18.3. The molecular weight excluding hydrogens is 392 g/mol. The second-order valence-corrected chi connectivity index (χ2v) is 7.79. The molecule has 0 aliphatic carbocycles. The lowest BCUT2D eigenvalue weighted by atomic mass is 9.93. The van der Waals surface area contributed by atoms with Crippen LogP contribution in [0.3, 0.4) is 0 Å². The van der Waals surface area contributed by atoms with Crippen molar-refractivity contribution in [1.82, 2.24) is 34.9 Å². The Hall–Kier alpha value is -3.36. The number of rotatable bonds is 6. The number of H-pyrrole nitrogens is 1. The predicted molar refractivity (Wildman–Crippen MR) is 120 cm³/mol. The fraction of sp³-hybridized carbons (Fsp3) is 0.455. The minimum Gasteiger partial charge on any atom is -0.497 e. The van der Waals surface area contributed by atoms with Gasteiger partial charge >= 0.3 is 0 Å². The van der Waals surface area contributed by atoms with Gasteiger partial charge in [0.15, 0.2) is 11.8 Å². The fourth-order valence-corrected chi connectivity index (χ4v) is 3.91. The summed E-state index contributed by atoms with van der Waals surface area (Å²) in [6.07, 6.45) is 6.90. The molecule has 2 atom stereocenters. The Morgan fingerprint density at radius 3 is 2.87 bits per heavy atom. The largest absolute Gasteiger partial charge is 0.497 e. The smallest absolute Gasteiger partial charge is 0.194 e. The standard InChI is InChI=1S/C22H30N8O/c1-4-24-22(29-11-9-16(2)19(14-29)30-12-10-23-15-30)25-13-20-26-21(28-27-20)17-5-7-18(31-3)8-6-17/h5-8,10,12,15-16,19H,4,9,11,13-14H2,1-3H3,(H,24,25)(H,26,27,28). The van der Waals surface area contributed by atoms with Gasteiger partial charge in [-0.2, -0.15) is 5.10 Å². The first-order chi connectivity index (χ1) is 15.2. The Labute approximate surface area is 182 Å². The number of imidazole rings is 1. The van der Waals surface area contributed by atoms with Crippen LogP contribution < -0.4 is 10.1 Å². The number of benzene rings is 1. The molecule has 0 radical (unpaired) electrons. The summed E-state index contributed by atoms with van der Waals surface area (Å²) in [5.74, 6) is 3.70. The van der Waals surface area contributed by atoms with Crippen molar-refractivity contribution >= 4 is 5.96 Å². The third kappa shape index (κ3) is 4.87. The molecule has 0 bridgehead atoms. The molecule has 2 aromatic heterocycles. The highest BCUT2D eigenvalue weighted by Gasteiger charge is 2.28. The van der Waals surface area contributed by atoms with Gasteiger partial charge in [0, 0.05) is 37.6 Å². The van der Waals surface area contributed by atoms with Gasteiger partial charge in [0.1, 0.15) is 18.1 Å². The van der Waals surface area contributed by atoms with Crippen molar-refractivity contribution in [2.75, 3.05) is 26.7 Å². The van der Waals surface area contributed by atoms with Crippen molar-refractivity contribution < 1.29 is 4.74 Å². The Balaban J connectivity index is 1.46. The van der Waals surface area contributed by atoms with E-state index in [4.69, 9.17) is 9.73 Å². The van der Waals surface area contributed by atoms with E-state index in [-0.39, 0.29) is 0 Å². The van der Waals surface area contributed by atoms with Gasteiger partial charge in [-0.15, -0.1) is 0 Å². The van der Waals surface area contributed by atoms with Crippen LogP contribution in [0, 0.1) is 5.92 Å². The molecule has 0 saturated carbocycles. The molecule has 1 aliphatic heterocycles. The summed E-state index contributed by atoms with van der Waals surface area (Å²) in [7, 11) is 1.65. The lowest BCUT2D eigenvalue weighted by molar-refractivity contribution is 0.189. The van der Waals surface area contributed by atoms with Crippen molar-refractivity contribution in [1.29, 1.82) is 0 Å². The van der Waals surface area contributed by atoms with E-state index in [0.717, 1.165) is 49.2 Å². The second-order valence-electron chi connectivity index (χ2n) is 7.79. The van der Waals surface area contributed by atoms with E-state index in [1.807, 2.05) is 43.0 Å².